The van der Waals surface area contributed by atoms with E-state index in [4.69, 9.17) is 19.4 Å². The number of benzene rings is 2. The first-order valence-corrected chi connectivity index (χ1v) is 15.5. The molecule has 0 bridgehead atoms. The van der Waals surface area contributed by atoms with Crippen LogP contribution in [-0.4, -0.2) is 62.1 Å². The molecule has 230 valence electrons. The average molecular weight is 597 g/mol. The lowest BCUT2D eigenvalue weighted by Gasteiger charge is -2.33. The van der Waals surface area contributed by atoms with Crippen LogP contribution in [0.5, 0.6) is 5.88 Å². The van der Waals surface area contributed by atoms with Crippen molar-refractivity contribution in [3.63, 3.8) is 0 Å². The van der Waals surface area contributed by atoms with Crippen LogP contribution in [0.15, 0.2) is 54.6 Å². The van der Waals surface area contributed by atoms with Crippen molar-refractivity contribution in [3.8, 4) is 5.88 Å². The zero-order valence-electron chi connectivity index (χ0n) is 25.7. The largest absolute Gasteiger partial charge is 0.478 e. The van der Waals surface area contributed by atoms with E-state index in [1.807, 2.05) is 43.3 Å². The molecule has 1 N–H and O–H groups in total. The number of ether oxygens (including phenoxy) is 2. The number of carbonyl (C=O) groups is 2. The number of fused-ring (bicyclic) bond motifs is 1. The van der Waals surface area contributed by atoms with Gasteiger partial charge in [0.2, 0.25) is 5.88 Å². The quantitative estimate of drug-likeness (QED) is 0.209. The number of pyridine rings is 1. The molecule has 0 aliphatic carbocycles. The van der Waals surface area contributed by atoms with Gasteiger partial charge >= 0.3 is 5.97 Å². The third kappa shape index (κ3) is 6.54. The van der Waals surface area contributed by atoms with Crippen LogP contribution in [0.4, 0.5) is 0 Å². The molecular formula is C35H40N4O5. The number of hydrogen-bond acceptors (Lipinski definition) is 7. The molecule has 0 amide bonds. The molecule has 2 saturated heterocycles. The molecule has 2 atom stereocenters. The van der Waals surface area contributed by atoms with E-state index in [0.717, 1.165) is 79.2 Å². The lowest BCUT2D eigenvalue weighted by molar-refractivity contribution is -0.0837. The summed E-state index contributed by atoms with van der Waals surface area (Å²) in [5.74, 6) is 1.36. The molecule has 9 nitrogen and oxygen atoms in total. The van der Waals surface area contributed by atoms with E-state index in [0.29, 0.717) is 36.4 Å². The fourth-order valence-electron chi connectivity index (χ4n) is 6.29. The highest BCUT2D eigenvalue weighted by Crippen LogP contribution is 2.30. The van der Waals surface area contributed by atoms with Crippen molar-refractivity contribution in [3.05, 3.63) is 88.4 Å². The van der Waals surface area contributed by atoms with Crippen LogP contribution in [0, 0.1) is 12.8 Å². The molecule has 6 rings (SSSR count). The Kier molecular flexibility index (Phi) is 8.77. The van der Waals surface area contributed by atoms with Gasteiger partial charge in [-0.15, -0.1) is 0 Å². The predicted molar refractivity (Wildman–Crippen MR) is 167 cm³/mol. The first-order valence-electron chi connectivity index (χ1n) is 15.5. The minimum absolute atomic E-state index is 0.0580. The van der Waals surface area contributed by atoms with Crippen LogP contribution < -0.4 is 4.74 Å². The molecule has 2 fully saturated rings. The van der Waals surface area contributed by atoms with Gasteiger partial charge in [-0.05, 0) is 87.7 Å². The summed E-state index contributed by atoms with van der Waals surface area (Å²) >= 11 is 0. The van der Waals surface area contributed by atoms with Gasteiger partial charge in [0.05, 0.1) is 29.2 Å². The number of aromatic carboxylic acids is 1. The van der Waals surface area contributed by atoms with E-state index in [-0.39, 0.29) is 17.5 Å². The third-order valence-electron chi connectivity index (χ3n) is 9.15. The second kappa shape index (κ2) is 12.9. The van der Waals surface area contributed by atoms with Crippen molar-refractivity contribution in [2.75, 3.05) is 19.7 Å². The van der Waals surface area contributed by atoms with Crippen LogP contribution >= 0.6 is 0 Å². The number of ketones is 1. The Hall–Kier alpha value is -4.08. The Morgan fingerprint density at radius 1 is 1.05 bits per heavy atom. The Bertz CT molecular complexity index is 1670. The molecule has 1 unspecified atom stereocenters. The lowest BCUT2D eigenvalue weighted by atomic mass is 9.93. The van der Waals surface area contributed by atoms with Crippen molar-refractivity contribution in [1.29, 1.82) is 0 Å². The van der Waals surface area contributed by atoms with Crippen molar-refractivity contribution in [2.45, 2.75) is 71.8 Å². The maximum atomic E-state index is 11.7. The normalized spacial score (nSPS) is 18.2. The van der Waals surface area contributed by atoms with Crippen LogP contribution in [0.25, 0.3) is 11.0 Å². The zero-order chi connectivity index (χ0) is 30.8. The van der Waals surface area contributed by atoms with Gasteiger partial charge in [0.15, 0.2) is 5.78 Å². The van der Waals surface area contributed by atoms with E-state index in [9.17, 15) is 14.7 Å². The van der Waals surface area contributed by atoms with E-state index in [2.05, 4.69) is 22.5 Å². The summed E-state index contributed by atoms with van der Waals surface area (Å²) in [6.07, 6.45) is 3.27. The number of imidazole rings is 1. The summed E-state index contributed by atoms with van der Waals surface area (Å²) in [7, 11) is 0. The number of piperidine rings is 1. The number of rotatable bonds is 11. The van der Waals surface area contributed by atoms with E-state index < -0.39 is 5.97 Å². The molecule has 2 aliphatic rings. The van der Waals surface area contributed by atoms with Gasteiger partial charge in [-0.25, -0.2) is 14.8 Å². The van der Waals surface area contributed by atoms with Crippen LogP contribution in [-0.2, 0) is 24.4 Å². The molecule has 0 spiro atoms. The molecule has 2 aromatic heterocycles. The summed E-state index contributed by atoms with van der Waals surface area (Å²) in [5, 5.41) is 9.59. The highest BCUT2D eigenvalue weighted by atomic mass is 16.5. The number of likely N-dealkylation sites (tertiary alicyclic amines) is 1. The molecule has 0 saturated carbocycles. The van der Waals surface area contributed by atoms with E-state index in [1.165, 1.54) is 0 Å². The summed E-state index contributed by atoms with van der Waals surface area (Å²) < 4.78 is 14.0. The summed E-state index contributed by atoms with van der Waals surface area (Å²) in [5.41, 5.74) is 5.80. The van der Waals surface area contributed by atoms with Gasteiger partial charge in [0.25, 0.3) is 0 Å². The number of carboxylic acids is 1. The Morgan fingerprint density at radius 3 is 2.50 bits per heavy atom. The van der Waals surface area contributed by atoms with Crippen LogP contribution in [0.1, 0.15) is 82.4 Å². The number of Topliss-reactive ketones (excluding diaryl/α,β-unsaturated/α-hetero) is 1. The van der Waals surface area contributed by atoms with Gasteiger partial charge in [-0.2, -0.15) is 0 Å². The van der Waals surface area contributed by atoms with Crippen LogP contribution in [0.2, 0.25) is 0 Å². The Morgan fingerprint density at radius 2 is 1.82 bits per heavy atom. The van der Waals surface area contributed by atoms with Gasteiger partial charge in [0, 0.05) is 42.3 Å². The number of hydrogen-bond donors (Lipinski definition) is 1. The summed E-state index contributed by atoms with van der Waals surface area (Å²) in [4.78, 5) is 35.6. The molecule has 4 heterocycles. The predicted octanol–water partition coefficient (Wildman–Crippen LogP) is 6.02. The number of nitrogens with zero attached hydrogens (tertiary/aromatic N) is 4. The summed E-state index contributed by atoms with van der Waals surface area (Å²) in [6, 6.07) is 16.9. The van der Waals surface area contributed by atoms with Crippen molar-refractivity contribution < 1.29 is 24.2 Å². The average Bonchev–Trinajstić information content (AvgIpc) is 3.31. The maximum absolute atomic E-state index is 11.7. The molecule has 0 radical (unpaired) electrons. The number of carboxylic acid groups (broad SMARTS) is 1. The van der Waals surface area contributed by atoms with Crippen molar-refractivity contribution >= 4 is 22.8 Å². The highest BCUT2D eigenvalue weighted by Gasteiger charge is 2.28. The topological polar surface area (TPSA) is 107 Å². The molecular weight excluding hydrogens is 556 g/mol. The molecule has 2 aromatic carbocycles. The zero-order valence-corrected chi connectivity index (χ0v) is 25.7. The number of carbonyl (C=O) groups excluding carboxylic acids is 1. The minimum Gasteiger partial charge on any atom is -0.478 e. The smallest absolute Gasteiger partial charge is 0.335 e. The SMILES string of the molecule is CC(=O)c1ccc(COc2cccc(C3CCN(Cc4nc5ccc(C(=O)O)cc5n4CC(C)[C@@H]4CCO4)CC3)n2)c(C)c1. The summed E-state index contributed by atoms with van der Waals surface area (Å²) in [6.45, 7) is 10.3. The maximum Gasteiger partial charge on any atom is 0.335 e. The number of aryl methyl sites for hydroxylation is 1. The second-order valence-corrected chi connectivity index (χ2v) is 12.3. The van der Waals surface area contributed by atoms with Gasteiger partial charge in [-0.1, -0.05) is 25.1 Å². The molecule has 9 heteroatoms. The second-order valence-electron chi connectivity index (χ2n) is 12.3. The number of aromatic nitrogens is 3. The monoisotopic (exact) mass is 596 g/mol. The van der Waals surface area contributed by atoms with Crippen molar-refractivity contribution in [2.24, 2.45) is 5.92 Å². The van der Waals surface area contributed by atoms with Crippen LogP contribution in [0.3, 0.4) is 0 Å². The van der Waals surface area contributed by atoms with E-state index in [1.54, 1.807) is 19.1 Å². The highest BCUT2D eigenvalue weighted by molar-refractivity contribution is 5.94. The fraction of sp³-hybridized carbons (Fsp3) is 0.429. The van der Waals surface area contributed by atoms with Crippen molar-refractivity contribution in [1.82, 2.24) is 19.4 Å². The molecule has 4 aromatic rings. The fourth-order valence-corrected chi connectivity index (χ4v) is 6.29. The first kappa shape index (κ1) is 30.0. The molecule has 2 aliphatic heterocycles. The Labute approximate surface area is 257 Å². The van der Waals surface area contributed by atoms with Gasteiger partial charge in [0.1, 0.15) is 12.4 Å². The van der Waals surface area contributed by atoms with Gasteiger partial charge in [-0.3, -0.25) is 9.69 Å². The van der Waals surface area contributed by atoms with E-state index >= 15 is 0 Å². The minimum atomic E-state index is -0.930. The van der Waals surface area contributed by atoms with Gasteiger partial charge < -0.3 is 19.1 Å². The molecule has 44 heavy (non-hydrogen) atoms. The Balaban J connectivity index is 1.10. The standard InChI is InChI=1S/C35H40N4O5/c1-22-17-26(24(3)40)7-8-28(22)21-44-34-6-4-5-29(37-34)25-11-14-38(15-12-25)20-33-36-30-10-9-27(35(41)42)18-31(30)39(33)19-23(2)32-13-16-43-32/h4-10,17-18,23,25,32H,11-16,19-21H2,1-3H3,(H,41,42)/t23?,32-/m0/s1. The first-order chi connectivity index (χ1) is 21.2. The lowest BCUT2D eigenvalue weighted by Crippen LogP contribution is -2.36. The third-order valence-corrected chi connectivity index (χ3v) is 9.15.